The van der Waals surface area contributed by atoms with Crippen molar-refractivity contribution < 1.29 is 17.6 Å². The molecule has 1 amide bonds. The third-order valence-corrected chi connectivity index (χ3v) is 4.75. The third kappa shape index (κ3) is 2.79. The first kappa shape index (κ1) is 14.4. The van der Waals surface area contributed by atoms with Gasteiger partial charge < -0.3 is 11.1 Å². The van der Waals surface area contributed by atoms with Crippen molar-refractivity contribution in [1.29, 1.82) is 0 Å². The van der Waals surface area contributed by atoms with E-state index in [1.165, 1.54) is 26.0 Å². The molecule has 0 saturated heterocycles. The second-order valence-electron chi connectivity index (χ2n) is 4.48. The molecule has 7 heteroatoms. The Morgan fingerprint density at radius 2 is 1.94 bits per heavy atom. The lowest BCUT2D eigenvalue weighted by Gasteiger charge is -2.21. The summed E-state index contributed by atoms with van der Waals surface area (Å²) >= 11 is 0. The Kier molecular flexibility index (Phi) is 3.66. The largest absolute Gasteiger partial charge is 0.399 e. The predicted molar refractivity (Wildman–Crippen MR) is 68.4 cm³/mol. The fourth-order valence-electron chi connectivity index (χ4n) is 1.07. The van der Waals surface area contributed by atoms with E-state index in [0.717, 1.165) is 12.3 Å². The molecule has 0 atom stereocenters. The molecule has 0 aliphatic rings. The molecule has 0 heterocycles. The molecule has 18 heavy (non-hydrogen) atoms. The van der Waals surface area contributed by atoms with Gasteiger partial charge >= 0.3 is 0 Å². The standard InChI is InChI=1S/C11H15FN2O3S/c1-11(2,18(3,16)17)10(15)14-9-5-4-7(13)6-8(9)12/h4-6H,13H2,1-3H3,(H,14,15). The molecule has 0 saturated carbocycles. The minimum atomic E-state index is -3.60. The number of sulfone groups is 1. The predicted octanol–water partition coefficient (Wildman–Crippen LogP) is 1.17. The summed E-state index contributed by atoms with van der Waals surface area (Å²) in [7, 11) is -3.60. The van der Waals surface area contributed by atoms with Gasteiger partial charge in [0.2, 0.25) is 5.91 Å². The first-order valence-corrected chi connectivity index (χ1v) is 7.01. The van der Waals surface area contributed by atoms with E-state index in [-0.39, 0.29) is 11.4 Å². The van der Waals surface area contributed by atoms with Gasteiger partial charge in [-0.1, -0.05) is 0 Å². The molecule has 0 spiro atoms. The van der Waals surface area contributed by atoms with Crippen molar-refractivity contribution in [2.24, 2.45) is 0 Å². The van der Waals surface area contributed by atoms with E-state index in [4.69, 9.17) is 5.73 Å². The van der Waals surface area contributed by atoms with Gasteiger partial charge in [-0.15, -0.1) is 0 Å². The molecule has 1 rings (SSSR count). The maximum Gasteiger partial charge on any atom is 0.245 e. The van der Waals surface area contributed by atoms with Gasteiger partial charge in [0.05, 0.1) is 5.69 Å². The van der Waals surface area contributed by atoms with E-state index in [2.05, 4.69) is 5.32 Å². The second-order valence-corrected chi connectivity index (χ2v) is 7.04. The lowest BCUT2D eigenvalue weighted by Crippen LogP contribution is -2.44. The van der Waals surface area contributed by atoms with Crippen molar-refractivity contribution in [1.82, 2.24) is 0 Å². The Morgan fingerprint density at radius 1 is 1.39 bits per heavy atom. The zero-order valence-corrected chi connectivity index (χ0v) is 11.1. The van der Waals surface area contributed by atoms with Crippen LogP contribution in [0.5, 0.6) is 0 Å². The topological polar surface area (TPSA) is 89.3 Å². The highest BCUT2D eigenvalue weighted by Gasteiger charge is 2.38. The Morgan fingerprint density at radius 3 is 2.39 bits per heavy atom. The van der Waals surface area contributed by atoms with E-state index in [1.54, 1.807) is 0 Å². The number of nitrogen functional groups attached to an aromatic ring is 1. The first-order chi connectivity index (χ1) is 8.05. The molecule has 3 N–H and O–H groups in total. The number of hydrogen-bond donors (Lipinski definition) is 2. The van der Waals surface area contributed by atoms with Crippen molar-refractivity contribution in [3.8, 4) is 0 Å². The summed E-state index contributed by atoms with van der Waals surface area (Å²) in [5.41, 5.74) is 5.47. The molecular weight excluding hydrogens is 259 g/mol. The number of hydrogen-bond acceptors (Lipinski definition) is 4. The summed E-state index contributed by atoms with van der Waals surface area (Å²) in [6, 6.07) is 3.73. The molecule has 0 bridgehead atoms. The van der Waals surface area contributed by atoms with Crippen molar-refractivity contribution >= 4 is 27.1 Å². The maximum atomic E-state index is 13.5. The van der Waals surface area contributed by atoms with Gasteiger partial charge in [-0.25, -0.2) is 12.8 Å². The zero-order chi connectivity index (χ0) is 14.1. The highest BCUT2D eigenvalue weighted by molar-refractivity contribution is 7.92. The van der Waals surface area contributed by atoms with Crippen molar-refractivity contribution in [2.75, 3.05) is 17.3 Å². The van der Waals surface area contributed by atoms with E-state index in [0.29, 0.717) is 0 Å². The smallest absolute Gasteiger partial charge is 0.245 e. The molecule has 0 aliphatic heterocycles. The quantitative estimate of drug-likeness (QED) is 0.810. The molecule has 1 aromatic rings. The molecule has 0 unspecified atom stereocenters. The van der Waals surface area contributed by atoms with Crippen LogP contribution in [-0.4, -0.2) is 25.3 Å². The summed E-state index contributed by atoms with van der Waals surface area (Å²) in [6.07, 6.45) is 0.950. The summed E-state index contributed by atoms with van der Waals surface area (Å²) < 4.78 is 34.7. The highest BCUT2D eigenvalue weighted by Crippen LogP contribution is 2.21. The Hall–Kier alpha value is -1.63. The van der Waals surface area contributed by atoms with Gasteiger partial charge in [-0.2, -0.15) is 0 Å². The number of nitrogens with two attached hydrogens (primary N) is 1. The van der Waals surface area contributed by atoms with Gasteiger partial charge in [-0.3, -0.25) is 4.79 Å². The van der Waals surface area contributed by atoms with Crippen LogP contribution in [0.3, 0.4) is 0 Å². The van der Waals surface area contributed by atoms with Crippen molar-refractivity contribution in [2.45, 2.75) is 18.6 Å². The van der Waals surface area contributed by atoms with Crippen LogP contribution in [-0.2, 0) is 14.6 Å². The molecule has 5 nitrogen and oxygen atoms in total. The number of carbonyl (C=O) groups is 1. The number of anilines is 2. The average Bonchev–Trinajstić information content (AvgIpc) is 2.20. The van der Waals surface area contributed by atoms with Crippen LogP contribution in [0.15, 0.2) is 18.2 Å². The third-order valence-electron chi connectivity index (χ3n) is 2.72. The van der Waals surface area contributed by atoms with E-state index < -0.39 is 26.3 Å². The molecule has 0 aliphatic carbocycles. The van der Waals surface area contributed by atoms with Gasteiger partial charge in [0.1, 0.15) is 10.6 Å². The number of halogens is 1. The van der Waals surface area contributed by atoms with Crippen LogP contribution in [0.4, 0.5) is 15.8 Å². The summed E-state index contributed by atoms with van der Waals surface area (Å²) in [4.78, 5) is 11.8. The van der Waals surface area contributed by atoms with E-state index in [9.17, 15) is 17.6 Å². The molecule has 1 aromatic carbocycles. The van der Waals surface area contributed by atoms with Crippen LogP contribution < -0.4 is 11.1 Å². The zero-order valence-electron chi connectivity index (χ0n) is 10.3. The number of amides is 1. The maximum absolute atomic E-state index is 13.5. The van der Waals surface area contributed by atoms with Crippen LogP contribution >= 0.6 is 0 Å². The Bertz CT molecular complexity index is 582. The Balaban J connectivity index is 3.02. The molecular formula is C11H15FN2O3S. The lowest BCUT2D eigenvalue weighted by molar-refractivity contribution is -0.117. The molecule has 0 fully saturated rings. The average molecular weight is 274 g/mol. The fourth-order valence-corrected chi connectivity index (χ4v) is 1.46. The SMILES string of the molecule is CC(C)(C(=O)Nc1ccc(N)cc1F)S(C)(=O)=O. The first-order valence-electron chi connectivity index (χ1n) is 5.12. The van der Waals surface area contributed by atoms with Gasteiger partial charge in [-0.05, 0) is 32.0 Å². The molecule has 100 valence electrons. The monoisotopic (exact) mass is 274 g/mol. The second kappa shape index (κ2) is 4.56. The van der Waals surface area contributed by atoms with Crippen LogP contribution in [0.1, 0.15) is 13.8 Å². The van der Waals surface area contributed by atoms with Gasteiger partial charge in [0, 0.05) is 11.9 Å². The van der Waals surface area contributed by atoms with Gasteiger partial charge in [0.15, 0.2) is 9.84 Å². The summed E-state index contributed by atoms with van der Waals surface area (Å²) in [5, 5.41) is 2.24. The van der Waals surface area contributed by atoms with Crippen LogP contribution in [0.2, 0.25) is 0 Å². The van der Waals surface area contributed by atoms with Crippen molar-refractivity contribution in [3.63, 3.8) is 0 Å². The van der Waals surface area contributed by atoms with Crippen molar-refractivity contribution in [3.05, 3.63) is 24.0 Å². The van der Waals surface area contributed by atoms with Crippen LogP contribution in [0.25, 0.3) is 0 Å². The summed E-state index contributed by atoms with van der Waals surface area (Å²) in [5.74, 6) is -1.51. The fraction of sp³-hybridized carbons (Fsp3) is 0.364. The number of benzene rings is 1. The lowest BCUT2D eigenvalue weighted by atomic mass is 10.2. The number of nitrogens with one attached hydrogen (secondary N) is 1. The Labute approximate surface area is 105 Å². The minimum Gasteiger partial charge on any atom is -0.399 e. The van der Waals surface area contributed by atoms with Gasteiger partial charge in [0.25, 0.3) is 0 Å². The molecule has 0 aromatic heterocycles. The van der Waals surface area contributed by atoms with Crippen LogP contribution in [0, 0.1) is 5.82 Å². The number of carbonyl (C=O) groups excluding carboxylic acids is 1. The number of rotatable bonds is 3. The minimum absolute atomic E-state index is 0.106. The molecule has 0 radical (unpaired) electrons. The summed E-state index contributed by atoms with van der Waals surface area (Å²) in [6.45, 7) is 2.51. The van der Waals surface area contributed by atoms with E-state index >= 15 is 0 Å². The highest BCUT2D eigenvalue weighted by atomic mass is 32.2. The van der Waals surface area contributed by atoms with E-state index in [1.807, 2.05) is 0 Å². The normalized spacial score (nSPS) is 12.2.